The molecule has 0 aromatic carbocycles. The zero-order valence-corrected chi connectivity index (χ0v) is 15.6. The van der Waals surface area contributed by atoms with Gasteiger partial charge in [0.25, 0.3) is 0 Å². The first-order chi connectivity index (χ1) is 12.1. The zero-order chi connectivity index (χ0) is 17.6. The van der Waals surface area contributed by atoms with Gasteiger partial charge < -0.3 is 19.6 Å². The van der Waals surface area contributed by atoms with Crippen molar-refractivity contribution in [3.8, 4) is 0 Å². The van der Waals surface area contributed by atoms with Gasteiger partial charge in [0, 0.05) is 30.4 Å². The van der Waals surface area contributed by atoms with Crippen LogP contribution in [0.3, 0.4) is 0 Å². The van der Waals surface area contributed by atoms with E-state index in [2.05, 4.69) is 34.5 Å². The molecule has 0 radical (unpaired) electrons. The third-order valence-electron chi connectivity index (χ3n) is 4.53. The molecule has 2 aromatic rings. The van der Waals surface area contributed by atoms with Crippen molar-refractivity contribution in [2.24, 2.45) is 0 Å². The Labute approximate surface area is 152 Å². The first-order valence-corrected chi connectivity index (χ1v) is 9.53. The summed E-state index contributed by atoms with van der Waals surface area (Å²) in [7, 11) is 4.20. The number of thiophene rings is 1. The maximum atomic E-state index is 12.4. The fourth-order valence-corrected chi connectivity index (χ4v) is 3.77. The second-order valence-corrected chi connectivity index (χ2v) is 7.59. The molecule has 0 unspecified atom stereocenters. The average Bonchev–Trinajstić information content (AvgIpc) is 3.19. The van der Waals surface area contributed by atoms with Gasteiger partial charge in [-0.05, 0) is 44.8 Å². The number of rotatable bonds is 5. The molecule has 1 N–H and O–H groups in total. The standard InChI is InChI=1S/C17H25N5O2S/c1-21(2)13-5-3-8-22(9-7-13)17(23)18-12-16-19-15(20-24-16)11-14-6-4-10-25-14/h4,6,10,13H,3,5,7-9,11-12H2,1-2H3,(H,18,23)/t13-/m1/s1. The lowest BCUT2D eigenvalue weighted by molar-refractivity contribution is 0.195. The first kappa shape index (κ1) is 17.9. The highest BCUT2D eigenvalue weighted by Gasteiger charge is 2.21. The molecular weight excluding hydrogens is 338 g/mol. The maximum absolute atomic E-state index is 12.4. The normalized spacial score (nSPS) is 18.4. The highest BCUT2D eigenvalue weighted by molar-refractivity contribution is 7.09. The van der Waals surface area contributed by atoms with E-state index in [9.17, 15) is 4.79 Å². The number of aromatic nitrogens is 2. The van der Waals surface area contributed by atoms with Crippen LogP contribution in [0.1, 0.15) is 35.9 Å². The van der Waals surface area contributed by atoms with Gasteiger partial charge in [-0.25, -0.2) is 4.79 Å². The molecule has 7 nitrogen and oxygen atoms in total. The molecule has 1 saturated heterocycles. The van der Waals surface area contributed by atoms with Gasteiger partial charge in [0.1, 0.15) is 0 Å². The molecule has 1 fully saturated rings. The van der Waals surface area contributed by atoms with E-state index in [-0.39, 0.29) is 12.6 Å². The van der Waals surface area contributed by atoms with Crippen molar-refractivity contribution in [3.63, 3.8) is 0 Å². The molecule has 1 aliphatic rings. The highest BCUT2D eigenvalue weighted by Crippen LogP contribution is 2.15. The minimum absolute atomic E-state index is 0.0580. The van der Waals surface area contributed by atoms with Gasteiger partial charge in [0.05, 0.1) is 6.54 Å². The summed E-state index contributed by atoms with van der Waals surface area (Å²) in [6, 6.07) is 4.54. The number of carbonyl (C=O) groups excluding carboxylic acids is 1. The number of nitrogens with zero attached hydrogens (tertiary/aromatic N) is 4. The maximum Gasteiger partial charge on any atom is 0.317 e. The smallest absolute Gasteiger partial charge is 0.317 e. The Hall–Kier alpha value is -1.93. The predicted octanol–water partition coefficient (Wildman–Crippen LogP) is 2.35. The van der Waals surface area contributed by atoms with E-state index in [0.717, 1.165) is 32.4 Å². The molecule has 3 rings (SSSR count). The van der Waals surface area contributed by atoms with Crippen LogP contribution in [0.15, 0.2) is 22.0 Å². The van der Waals surface area contributed by atoms with E-state index in [1.165, 1.54) is 4.88 Å². The van der Waals surface area contributed by atoms with Crippen molar-refractivity contribution in [2.45, 2.75) is 38.3 Å². The SMILES string of the molecule is CN(C)[C@@H]1CCCN(C(=O)NCc2nc(Cc3cccs3)no2)CC1. The monoisotopic (exact) mass is 363 g/mol. The summed E-state index contributed by atoms with van der Waals surface area (Å²) in [5.41, 5.74) is 0. The lowest BCUT2D eigenvalue weighted by Gasteiger charge is -2.23. The fourth-order valence-electron chi connectivity index (χ4n) is 3.06. The van der Waals surface area contributed by atoms with E-state index in [4.69, 9.17) is 4.52 Å². The molecule has 2 aromatic heterocycles. The summed E-state index contributed by atoms with van der Waals surface area (Å²) in [6.45, 7) is 1.84. The van der Waals surface area contributed by atoms with Gasteiger partial charge in [0.2, 0.25) is 5.89 Å². The second-order valence-electron chi connectivity index (χ2n) is 6.55. The Morgan fingerprint density at radius 1 is 1.44 bits per heavy atom. The van der Waals surface area contributed by atoms with Crippen molar-refractivity contribution in [1.29, 1.82) is 0 Å². The van der Waals surface area contributed by atoms with E-state index in [1.54, 1.807) is 11.3 Å². The van der Waals surface area contributed by atoms with Gasteiger partial charge in [-0.15, -0.1) is 11.3 Å². The quantitative estimate of drug-likeness (QED) is 0.883. The van der Waals surface area contributed by atoms with Gasteiger partial charge >= 0.3 is 6.03 Å². The molecular formula is C17H25N5O2S. The molecule has 136 valence electrons. The molecule has 0 bridgehead atoms. The van der Waals surface area contributed by atoms with E-state index in [0.29, 0.717) is 24.2 Å². The highest BCUT2D eigenvalue weighted by atomic mass is 32.1. The van der Waals surface area contributed by atoms with Crippen LogP contribution in [-0.4, -0.2) is 59.2 Å². The summed E-state index contributed by atoms with van der Waals surface area (Å²) in [6.07, 6.45) is 3.83. The number of amides is 2. The zero-order valence-electron chi connectivity index (χ0n) is 14.8. The fraction of sp³-hybridized carbons (Fsp3) is 0.588. The van der Waals surface area contributed by atoms with Crippen LogP contribution in [0.25, 0.3) is 0 Å². The molecule has 8 heteroatoms. The third-order valence-corrected chi connectivity index (χ3v) is 5.40. The van der Waals surface area contributed by atoms with Crippen molar-refractivity contribution in [3.05, 3.63) is 34.1 Å². The molecule has 25 heavy (non-hydrogen) atoms. The number of likely N-dealkylation sites (tertiary alicyclic amines) is 1. The van der Waals surface area contributed by atoms with Crippen LogP contribution in [0.4, 0.5) is 4.79 Å². The van der Waals surface area contributed by atoms with E-state index in [1.807, 2.05) is 22.4 Å². The molecule has 0 saturated carbocycles. The van der Waals surface area contributed by atoms with Gasteiger partial charge in [-0.1, -0.05) is 11.2 Å². The van der Waals surface area contributed by atoms with Crippen LogP contribution in [0.2, 0.25) is 0 Å². The van der Waals surface area contributed by atoms with Crippen LogP contribution in [0, 0.1) is 0 Å². The molecule has 2 amide bonds. The summed E-state index contributed by atoms with van der Waals surface area (Å²) in [5, 5.41) is 8.89. The molecule has 1 atom stereocenters. The predicted molar refractivity (Wildman–Crippen MR) is 96.6 cm³/mol. The van der Waals surface area contributed by atoms with Gasteiger partial charge in [0.15, 0.2) is 5.82 Å². The van der Waals surface area contributed by atoms with Crippen LogP contribution >= 0.6 is 11.3 Å². The topological polar surface area (TPSA) is 74.5 Å². The number of nitrogens with one attached hydrogen (secondary N) is 1. The second kappa shape index (κ2) is 8.44. The van der Waals surface area contributed by atoms with E-state index >= 15 is 0 Å². The third kappa shape index (κ3) is 5.02. The van der Waals surface area contributed by atoms with Gasteiger partial charge in [-0.2, -0.15) is 4.98 Å². The lowest BCUT2D eigenvalue weighted by atomic mass is 10.1. The van der Waals surface area contributed by atoms with Crippen LogP contribution < -0.4 is 5.32 Å². The summed E-state index contributed by atoms with van der Waals surface area (Å²) >= 11 is 1.67. The van der Waals surface area contributed by atoms with Crippen molar-refractivity contribution >= 4 is 17.4 Å². The molecule has 1 aliphatic heterocycles. The van der Waals surface area contributed by atoms with Crippen LogP contribution in [0.5, 0.6) is 0 Å². The molecule has 0 spiro atoms. The minimum Gasteiger partial charge on any atom is -0.337 e. The average molecular weight is 363 g/mol. The number of hydrogen-bond donors (Lipinski definition) is 1. The molecule has 3 heterocycles. The number of urea groups is 1. The Morgan fingerprint density at radius 2 is 2.32 bits per heavy atom. The first-order valence-electron chi connectivity index (χ1n) is 8.65. The Bertz CT molecular complexity index is 670. The van der Waals surface area contributed by atoms with Crippen LogP contribution in [-0.2, 0) is 13.0 Å². The summed E-state index contributed by atoms with van der Waals surface area (Å²) in [4.78, 5) is 22.0. The summed E-state index contributed by atoms with van der Waals surface area (Å²) in [5.74, 6) is 1.09. The Morgan fingerprint density at radius 3 is 3.08 bits per heavy atom. The van der Waals surface area contributed by atoms with E-state index < -0.39 is 0 Å². The summed E-state index contributed by atoms with van der Waals surface area (Å²) < 4.78 is 5.23. The largest absolute Gasteiger partial charge is 0.337 e. The van der Waals surface area contributed by atoms with Crippen molar-refractivity contribution in [1.82, 2.24) is 25.3 Å². The van der Waals surface area contributed by atoms with Gasteiger partial charge in [-0.3, -0.25) is 0 Å². The lowest BCUT2D eigenvalue weighted by Crippen LogP contribution is -2.40. The van der Waals surface area contributed by atoms with Crippen molar-refractivity contribution in [2.75, 3.05) is 27.2 Å². The minimum atomic E-state index is -0.0580. The molecule has 0 aliphatic carbocycles. The van der Waals surface area contributed by atoms with Crippen molar-refractivity contribution < 1.29 is 9.32 Å². The Balaban J connectivity index is 1.46. The number of carbonyl (C=O) groups is 1. The number of hydrogen-bond acceptors (Lipinski definition) is 6. The Kier molecular flexibility index (Phi) is 6.04.